The molecular formula is C25H32N4O4. The van der Waals surface area contributed by atoms with Crippen LogP contribution in [0.3, 0.4) is 0 Å². The molecule has 1 heterocycles. The van der Waals surface area contributed by atoms with Crippen LogP contribution in [0.2, 0.25) is 0 Å². The summed E-state index contributed by atoms with van der Waals surface area (Å²) in [6.45, 7) is 2.39. The first-order valence-corrected chi connectivity index (χ1v) is 10.8. The summed E-state index contributed by atoms with van der Waals surface area (Å²) in [6.07, 6.45) is 3.61. The lowest BCUT2D eigenvalue weighted by Gasteiger charge is -2.29. The van der Waals surface area contributed by atoms with E-state index in [9.17, 15) is 5.11 Å². The third-order valence-electron chi connectivity index (χ3n) is 5.20. The van der Waals surface area contributed by atoms with E-state index in [2.05, 4.69) is 45.0 Å². The van der Waals surface area contributed by atoms with Gasteiger partial charge in [-0.3, -0.25) is 5.43 Å². The fourth-order valence-electron chi connectivity index (χ4n) is 3.45. The molecule has 0 amide bonds. The largest absolute Gasteiger partial charge is 0.497 e. The number of hydrogen-bond acceptors (Lipinski definition) is 8. The van der Waals surface area contributed by atoms with E-state index < -0.39 is 0 Å². The van der Waals surface area contributed by atoms with E-state index in [0.717, 1.165) is 34.0 Å². The quantitative estimate of drug-likeness (QED) is 0.427. The van der Waals surface area contributed by atoms with Crippen molar-refractivity contribution in [2.75, 3.05) is 41.0 Å². The maximum atomic E-state index is 9.21. The monoisotopic (exact) mass is 452 g/mol. The Morgan fingerprint density at radius 3 is 1.94 bits per heavy atom. The Kier molecular flexibility index (Phi) is 9.17. The molecule has 0 aromatic heterocycles. The van der Waals surface area contributed by atoms with Crippen LogP contribution in [-0.4, -0.2) is 57.2 Å². The van der Waals surface area contributed by atoms with Gasteiger partial charge in [-0.1, -0.05) is 24.3 Å². The van der Waals surface area contributed by atoms with E-state index >= 15 is 0 Å². The second kappa shape index (κ2) is 12.5. The van der Waals surface area contributed by atoms with Gasteiger partial charge in [0.2, 0.25) is 0 Å². The predicted molar refractivity (Wildman–Crippen MR) is 129 cm³/mol. The van der Waals surface area contributed by atoms with Crippen LogP contribution in [0.5, 0.6) is 11.5 Å². The van der Waals surface area contributed by atoms with Gasteiger partial charge in [-0.15, -0.1) is 0 Å². The summed E-state index contributed by atoms with van der Waals surface area (Å²) < 4.78 is 16.0. The topological polar surface area (TPSA) is 87.6 Å². The highest BCUT2D eigenvalue weighted by Crippen LogP contribution is 2.22. The first kappa shape index (κ1) is 24.2. The molecule has 2 aromatic rings. The van der Waals surface area contributed by atoms with Crippen LogP contribution >= 0.6 is 0 Å². The van der Waals surface area contributed by atoms with Gasteiger partial charge in [0.15, 0.2) is 0 Å². The van der Waals surface area contributed by atoms with Crippen LogP contribution in [0.1, 0.15) is 11.1 Å². The minimum atomic E-state index is 0.0643. The third-order valence-corrected chi connectivity index (χ3v) is 5.20. The van der Waals surface area contributed by atoms with Crippen molar-refractivity contribution in [2.24, 2.45) is 5.10 Å². The highest BCUT2D eigenvalue weighted by Gasteiger charge is 2.18. The smallest absolute Gasteiger partial charge is 0.139 e. The van der Waals surface area contributed by atoms with E-state index in [-0.39, 0.29) is 6.61 Å². The Morgan fingerprint density at radius 1 is 0.879 bits per heavy atom. The second-order valence-corrected chi connectivity index (χ2v) is 7.45. The van der Waals surface area contributed by atoms with Crippen LogP contribution in [-0.2, 0) is 17.8 Å². The van der Waals surface area contributed by atoms with E-state index in [1.54, 1.807) is 27.5 Å². The molecule has 1 aliphatic heterocycles. The molecule has 8 heteroatoms. The van der Waals surface area contributed by atoms with Gasteiger partial charge in [0, 0.05) is 31.8 Å². The minimum absolute atomic E-state index is 0.0643. The van der Waals surface area contributed by atoms with Crippen molar-refractivity contribution in [1.29, 1.82) is 0 Å². The molecule has 0 saturated carbocycles. The second-order valence-electron chi connectivity index (χ2n) is 7.45. The highest BCUT2D eigenvalue weighted by atomic mass is 16.5. The van der Waals surface area contributed by atoms with Gasteiger partial charge in [-0.2, -0.15) is 5.10 Å². The van der Waals surface area contributed by atoms with Crippen LogP contribution in [0.15, 0.2) is 76.9 Å². The Morgan fingerprint density at radius 2 is 1.45 bits per heavy atom. The van der Waals surface area contributed by atoms with Crippen LogP contribution in [0, 0.1) is 0 Å². The van der Waals surface area contributed by atoms with Crippen molar-refractivity contribution >= 4 is 6.21 Å². The van der Waals surface area contributed by atoms with Crippen molar-refractivity contribution < 1.29 is 19.3 Å². The number of rotatable bonds is 12. The van der Waals surface area contributed by atoms with Gasteiger partial charge in [0.25, 0.3) is 0 Å². The summed E-state index contributed by atoms with van der Waals surface area (Å²) in [6, 6.07) is 16.1. The van der Waals surface area contributed by atoms with Crippen LogP contribution < -0.4 is 20.2 Å². The molecule has 3 rings (SSSR count). The molecule has 33 heavy (non-hydrogen) atoms. The van der Waals surface area contributed by atoms with Crippen LogP contribution in [0.4, 0.5) is 0 Å². The molecule has 0 spiro atoms. The molecule has 0 saturated heterocycles. The zero-order chi connectivity index (χ0) is 23.5. The summed E-state index contributed by atoms with van der Waals surface area (Å²) >= 11 is 0. The Hall–Kier alpha value is -3.49. The summed E-state index contributed by atoms with van der Waals surface area (Å²) in [5.74, 6) is 3.14. The van der Waals surface area contributed by atoms with Crippen molar-refractivity contribution in [3.63, 3.8) is 0 Å². The molecule has 3 N–H and O–H groups in total. The summed E-state index contributed by atoms with van der Waals surface area (Å²) in [4.78, 5) is 2.23. The first-order valence-electron chi connectivity index (χ1n) is 10.8. The zero-order valence-electron chi connectivity index (χ0n) is 19.4. The number of nitrogens with zero attached hydrogens (tertiary/aromatic N) is 2. The number of methoxy groups -OCH3 is 3. The average Bonchev–Trinajstić information content (AvgIpc) is 3.07. The first-order chi connectivity index (χ1) is 16.2. The van der Waals surface area contributed by atoms with Gasteiger partial charge in [-0.05, 0) is 41.5 Å². The van der Waals surface area contributed by atoms with E-state index in [0.29, 0.717) is 31.9 Å². The number of aliphatic hydroxyl groups is 1. The molecule has 0 radical (unpaired) electrons. The molecule has 176 valence electrons. The fraction of sp³-hybridized carbons (Fsp3) is 0.320. The average molecular weight is 453 g/mol. The van der Waals surface area contributed by atoms with Gasteiger partial charge >= 0.3 is 0 Å². The van der Waals surface area contributed by atoms with Gasteiger partial charge in [-0.25, -0.2) is 0 Å². The number of hydrogen-bond donors (Lipinski definition) is 3. The molecule has 0 unspecified atom stereocenters. The van der Waals surface area contributed by atoms with E-state index in [1.807, 2.05) is 30.3 Å². The maximum Gasteiger partial charge on any atom is 0.139 e. The summed E-state index contributed by atoms with van der Waals surface area (Å²) in [7, 11) is 4.94. The molecule has 8 nitrogen and oxygen atoms in total. The molecule has 0 bridgehead atoms. The number of benzene rings is 2. The number of allylic oxidation sites excluding steroid dienone is 1. The molecule has 2 aromatic carbocycles. The molecule has 1 aliphatic rings. The van der Waals surface area contributed by atoms with Gasteiger partial charge in [0.05, 0.1) is 34.2 Å². The number of ether oxygens (including phenoxy) is 3. The lowest BCUT2D eigenvalue weighted by molar-refractivity contribution is 0.290. The van der Waals surface area contributed by atoms with E-state index in [4.69, 9.17) is 14.2 Å². The Bertz CT molecular complexity index is 919. The summed E-state index contributed by atoms with van der Waals surface area (Å²) in [5.41, 5.74) is 6.43. The molecule has 0 fully saturated rings. The minimum Gasteiger partial charge on any atom is -0.497 e. The van der Waals surface area contributed by atoms with Crippen molar-refractivity contribution in [3.05, 3.63) is 82.9 Å². The molecule has 0 aliphatic carbocycles. The maximum absolute atomic E-state index is 9.21. The van der Waals surface area contributed by atoms with E-state index in [1.165, 1.54) is 0 Å². The number of nitrogens with one attached hydrogen (secondary N) is 2. The SMILES string of the molecule is COC1=CC(CNCCO)=C(N(Cc2ccc(OC)cc2)Cc2ccc(OC)cc2)NN=C1. The summed E-state index contributed by atoms with van der Waals surface area (Å²) in [5, 5.41) is 16.8. The standard InChI is InChI=1S/C25H32N4O4/c1-31-22-8-4-19(5-9-22)17-29(18-20-6-10-23(32-2)11-7-20)25-21(15-26-12-13-30)14-24(33-3)16-27-28-25/h4-11,14,16,26,28,30H,12-13,15,17-18H2,1-3H3. The molecule has 0 atom stereocenters. The van der Waals surface area contributed by atoms with Crippen molar-refractivity contribution in [2.45, 2.75) is 13.1 Å². The highest BCUT2D eigenvalue weighted by molar-refractivity contribution is 5.77. The van der Waals surface area contributed by atoms with Gasteiger partial charge < -0.3 is 29.5 Å². The Labute approximate surface area is 195 Å². The number of aliphatic hydroxyl groups excluding tert-OH is 1. The Balaban J connectivity index is 1.97. The third kappa shape index (κ3) is 7.00. The predicted octanol–water partition coefficient (Wildman–Crippen LogP) is 2.62. The van der Waals surface area contributed by atoms with Gasteiger partial charge in [0.1, 0.15) is 23.1 Å². The molecular weight excluding hydrogens is 420 g/mol. The lowest BCUT2D eigenvalue weighted by atomic mass is 10.1. The van der Waals surface area contributed by atoms with Crippen molar-refractivity contribution in [3.8, 4) is 11.5 Å². The number of hydrazone groups is 1. The lowest BCUT2D eigenvalue weighted by Crippen LogP contribution is -2.32. The van der Waals surface area contributed by atoms with Crippen molar-refractivity contribution in [1.82, 2.24) is 15.6 Å². The fourth-order valence-corrected chi connectivity index (χ4v) is 3.45. The normalized spacial score (nSPS) is 13.2. The van der Waals surface area contributed by atoms with Crippen LogP contribution in [0.25, 0.3) is 0 Å². The zero-order valence-corrected chi connectivity index (χ0v) is 19.4.